The predicted molar refractivity (Wildman–Crippen MR) is 98.3 cm³/mol. The van der Waals surface area contributed by atoms with Crippen LogP contribution in [0, 0.1) is 18.8 Å². The summed E-state index contributed by atoms with van der Waals surface area (Å²) in [7, 11) is 0. The maximum Gasteiger partial charge on any atom is 0.254 e. The van der Waals surface area contributed by atoms with Crippen molar-refractivity contribution in [2.45, 2.75) is 51.2 Å². The van der Waals surface area contributed by atoms with Crippen LogP contribution in [0.4, 0.5) is 0 Å². The quantitative estimate of drug-likeness (QED) is 0.884. The minimum atomic E-state index is -1.16. The number of hydrogen-bond donors (Lipinski definition) is 1. The lowest BCUT2D eigenvalue weighted by Crippen LogP contribution is -2.47. The van der Waals surface area contributed by atoms with E-state index in [9.17, 15) is 14.7 Å². The normalized spacial score (nSPS) is 29.9. The van der Waals surface area contributed by atoms with Gasteiger partial charge in [-0.1, -0.05) is 24.3 Å². The van der Waals surface area contributed by atoms with Gasteiger partial charge in [0.15, 0.2) is 0 Å². The third-order valence-electron chi connectivity index (χ3n) is 6.69. The minimum absolute atomic E-state index is 0.0229. The fourth-order valence-electron chi connectivity index (χ4n) is 5.32. The Hall–Kier alpha value is -1.88. The molecule has 1 aromatic rings. The summed E-state index contributed by atoms with van der Waals surface area (Å²) in [4.78, 5) is 29.0. The van der Waals surface area contributed by atoms with Crippen molar-refractivity contribution in [1.29, 1.82) is 0 Å². The first kappa shape index (κ1) is 17.5. The third-order valence-corrected chi connectivity index (χ3v) is 6.69. The smallest absolute Gasteiger partial charge is 0.254 e. The molecule has 1 aliphatic carbocycles. The molecular weight excluding hydrogens is 328 g/mol. The summed E-state index contributed by atoms with van der Waals surface area (Å²) in [5.74, 6) is 0.536. The fourth-order valence-corrected chi connectivity index (χ4v) is 5.32. The van der Waals surface area contributed by atoms with E-state index in [1.165, 1.54) is 11.1 Å². The lowest BCUT2D eigenvalue weighted by molar-refractivity contribution is -0.150. The first-order chi connectivity index (χ1) is 12.4. The van der Waals surface area contributed by atoms with Crippen LogP contribution >= 0.6 is 0 Å². The molecule has 5 heteroatoms. The highest BCUT2D eigenvalue weighted by Gasteiger charge is 2.52. The number of amides is 2. The highest BCUT2D eigenvalue weighted by atomic mass is 16.3. The highest BCUT2D eigenvalue weighted by Crippen LogP contribution is 2.46. The molecule has 1 aromatic carbocycles. The van der Waals surface area contributed by atoms with Gasteiger partial charge in [0.25, 0.3) is 5.91 Å². The van der Waals surface area contributed by atoms with Crippen LogP contribution in [0.25, 0.3) is 0 Å². The molecule has 0 radical (unpaired) electrons. The van der Waals surface area contributed by atoms with Crippen molar-refractivity contribution >= 4 is 11.8 Å². The van der Waals surface area contributed by atoms with Gasteiger partial charge >= 0.3 is 0 Å². The van der Waals surface area contributed by atoms with Crippen LogP contribution in [0.2, 0.25) is 0 Å². The molecule has 0 aromatic heterocycles. The van der Waals surface area contributed by atoms with Crippen LogP contribution in [0.5, 0.6) is 0 Å². The van der Waals surface area contributed by atoms with Crippen molar-refractivity contribution in [3.05, 3.63) is 35.4 Å². The molecule has 1 N–H and O–H groups in total. The molecule has 3 fully saturated rings. The summed E-state index contributed by atoms with van der Waals surface area (Å²) in [5.41, 5.74) is 1.21. The molecule has 0 unspecified atom stereocenters. The summed E-state index contributed by atoms with van der Waals surface area (Å²) in [6.45, 7) is 5.70. The molecule has 2 amide bonds. The van der Waals surface area contributed by atoms with Crippen molar-refractivity contribution in [2.75, 3.05) is 19.6 Å². The van der Waals surface area contributed by atoms with E-state index >= 15 is 0 Å². The molecule has 2 heterocycles. The number of carbonyl (C=O) groups excluding carboxylic acids is 2. The van der Waals surface area contributed by atoms with Gasteiger partial charge in [0, 0.05) is 38.4 Å². The lowest BCUT2D eigenvalue weighted by atomic mass is 9.87. The second-order valence-electron chi connectivity index (χ2n) is 8.35. The Morgan fingerprint density at radius 3 is 2.46 bits per heavy atom. The summed E-state index contributed by atoms with van der Waals surface area (Å²) in [6.07, 6.45) is 3.01. The largest absolute Gasteiger partial charge is 0.380 e. The summed E-state index contributed by atoms with van der Waals surface area (Å²) >= 11 is 0. The third kappa shape index (κ3) is 2.73. The van der Waals surface area contributed by atoms with Gasteiger partial charge in [-0.3, -0.25) is 9.59 Å². The Labute approximate surface area is 155 Å². The molecule has 2 aliphatic heterocycles. The number of carbonyl (C=O) groups is 2. The Kier molecular flexibility index (Phi) is 4.30. The van der Waals surface area contributed by atoms with Crippen molar-refractivity contribution in [3.8, 4) is 0 Å². The number of hydrogen-bond acceptors (Lipinski definition) is 3. The second-order valence-corrected chi connectivity index (χ2v) is 8.35. The number of nitrogens with zero attached hydrogens (tertiary/aromatic N) is 2. The summed E-state index contributed by atoms with van der Waals surface area (Å²) in [6, 6.07) is 8.25. The van der Waals surface area contributed by atoms with E-state index in [0.717, 1.165) is 12.8 Å². The zero-order valence-corrected chi connectivity index (χ0v) is 15.6. The van der Waals surface area contributed by atoms with Gasteiger partial charge in [-0.05, 0) is 43.7 Å². The lowest BCUT2D eigenvalue weighted by Gasteiger charge is -2.32. The van der Waals surface area contributed by atoms with Crippen molar-refractivity contribution < 1.29 is 14.7 Å². The van der Waals surface area contributed by atoms with E-state index in [0.29, 0.717) is 32.5 Å². The molecule has 3 aliphatic rings. The molecule has 26 heavy (non-hydrogen) atoms. The maximum atomic E-state index is 12.9. The average molecular weight is 356 g/mol. The van der Waals surface area contributed by atoms with Crippen LogP contribution < -0.4 is 0 Å². The monoisotopic (exact) mass is 356 g/mol. The zero-order valence-electron chi connectivity index (χ0n) is 15.6. The van der Waals surface area contributed by atoms with Crippen molar-refractivity contribution in [2.24, 2.45) is 11.8 Å². The van der Waals surface area contributed by atoms with Gasteiger partial charge in [0.1, 0.15) is 5.60 Å². The Bertz CT molecular complexity index is 726. The van der Waals surface area contributed by atoms with Gasteiger partial charge in [-0.25, -0.2) is 0 Å². The first-order valence-electron chi connectivity index (χ1n) is 9.75. The molecule has 2 saturated heterocycles. The SMILES string of the molecule is CC(=O)N1C[C@H]2CN(C(=O)C3(O)CCCC3)C[C@H]2[C@@H]1c1ccccc1C. The first-order valence-corrected chi connectivity index (χ1v) is 9.75. The minimum Gasteiger partial charge on any atom is -0.380 e. The number of aryl methyl sites for hydroxylation is 1. The number of rotatable bonds is 2. The average Bonchev–Trinajstić information content (AvgIpc) is 3.29. The number of likely N-dealkylation sites (tertiary alicyclic amines) is 2. The van der Waals surface area contributed by atoms with E-state index in [-0.39, 0.29) is 29.7 Å². The predicted octanol–water partition coefficient (Wildman–Crippen LogP) is 2.28. The summed E-state index contributed by atoms with van der Waals surface area (Å²) < 4.78 is 0. The van der Waals surface area contributed by atoms with Gasteiger partial charge < -0.3 is 14.9 Å². The Morgan fingerprint density at radius 1 is 1.12 bits per heavy atom. The van der Waals surface area contributed by atoms with Gasteiger partial charge in [-0.2, -0.15) is 0 Å². The standard InChI is InChI=1S/C21H28N2O3/c1-14-7-3-4-8-17(14)19-18-13-22(11-16(18)12-23(19)15(2)24)20(25)21(26)9-5-6-10-21/h3-4,7-8,16,18-19,26H,5-6,9-13H2,1-2H3/t16-,18-,19+/m1/s1. The highest BCUT2D eigenvalue weighted by molar-refractivity contribution is 5.85. The second kappa shape index (κ2) is 6.38. The Morgan fingerprint density at radius 2 is 1.81 bits per heavy atom. The van der Waals surface area contributed by atoms with Crippen LogP contribution in [0.15, 0.2) is 24.3 Å². The molecular formula is C21H28N2O3. The number of fused-ring (bicyclic) bond motifs is 1. The Balaban J connectivity index is 1.60. The zero-order chi connectivity index (χ0) is 18.5. The van der Waals surface area contributed by atoms with E-state index in [2.05, 4.69) is 19.1 Å². The molecule has 140 valence electrons. The van der Waals surface area contributed by atoms with E-state index in [1.54, 1.807) is 6.92 Å². The van der Waals surface area contributed by atoms with E-state index in [1.807, 2.05) is 21.9 Å². The topological polar surface area (TPSA) is 60.9 Å². The number of aliphatic hydroxyl groups is 1. The molecule has 0 spiro atoms. The van der Waals surface area contributed by atoms with Crippen LogP contribution in [-0.2, 0) is 9.59 Å². The van der Waals surface area contributed by atoms with Gasteiger partial charge in [0.2, 0.25) is 5.91 Å². The van der Waals surface area contributed by atoms with Gasteiger partial charge in [-0.15, -0.1) is 0 Å². The van der Waals surface area contributed by atoms with Gasteiger partial charge in [0.05, 0.1) is 6.04 Å². The van der Waals surface area contributed by atoms with Crippen molar-refractivity contribution in [3.63, 3.8) is 0 Å². The van der Waals surface area contributed by atoms with E-state index < -0.39 is 5.60 Å². The molecule has 5 nitrogen and oxygen atoms in total. The molecule has 1 saturated carbocycles. The van der Waals surface area contributed by atoms with Crippen LogP contribution in [0.1, 0.15) is 49.8 Å². The van der Waals surface area contributed by atoms with Crippen LogP contribution in [-0.4, -0.2) is 52.0 Å². The van der Waals surface area contributed by atoms with Crippen LogP contribution in [0.3, 0.4) is 0 Å². The molecule has 3 atom stereocenters. The maximum absolute atomic E-state index is 12.9. The molecule has 4 rings (SSSR count). The molecule has 0 bridgehead atoms. The van der Waals surface area contributed by atoms with Crippen molar-refractivity contribution in [1.82, 2.24) is 9.80 Å². The number of benzene rings is 1. The summed E-state index contributed by atoms with van der Waals surface area (Å²) in [5, 5.41) is 10.7. The van der Waals surface area contributed by atoms with E-state index in [4.69, 9.17) is 0 Å². The fraction of sp³-hybridized carbons (Fsp3) is 0.619.